The Bertz CT molecular complexity index is 4030. The molecule has 434 valence electrons. The predicted octanol–water partition coefficient (Wildman–Crippen LogP) is 22.2. The lowest BCUT2D eigenvalue weighted by molar-refractivity contribution is 0.692. The molecule has 18 aliphatic rings. The zero-order valence-corrected chi connectivity index (χ0v) is 51.0. The van der Waals surface area contributed by atoms with Crippen molar-refractivity contribution < 1.29 is 0 Å². The van der Waals surface area contributed by atoms with Crippen LogP contribution in [-0.4, -0.2) is 19.9 Å². The summed E-state index contributed by atoms with van der Waals surface area (Å²) in [5, 5.41) is 0. The molecule has 8 saturated carbocycles. The van der Waals surface area contributed by atoms with Crippen LogP contribution in [0.2, 0.25) is 0 Å². The molecular formula is C84H78N4. The van der Waals surface area contributed by atoms with E-state index < -0.39 is 0 Å². The number of fused-ring (bicyclic) bond motifs is 48. The average Bonchev–Trinajstić information content (AvgIpc) is 1.59. The monoisotopic (exact) mass is 1140 g/mol. The molecule has 8 fully saturated rings. The van der Waals surface area contributed by atoms with Crippen molar-refractivity contribution >= 4 is 46.4 Å². The summed E-state index contributed by atoms with van der Waals surface area (Å²) >= 11 is 0. The van der Waals surface area contributed by atoms with Gasteiger partial charge in [0.1, 0.15) is 0 Å². The van der Waals surface area contributed by atoms with Crippen LogP contribution in [0.3, 0.4) is 0 Å². The van der Waals surface area contributed by atoms with Crippen LogP contribution in [0.5, 0.6) is 0 Å². The van der Waals surface area contributed by atoms with Crippen LogP contribution in [0.25, 0.3) is 90.9 Å². The number of benzene rings is 4. The van der Waals surface area contributed by atoms with Gasteiger partial charge in [-0.2, -0.15) is 0 Å². The Hall–Kier alpha value is -6.52. The van der Waals surface area contributed by atoms with E-state index in [2.05, 4.69) is 82.8 Å². The van der Waals surface area contributed by atoms with Gasteiger partial charge in [-0.3, -0.25) is 0 Å². The number of aromatic amines is 2. The summed E-state index contributed by atoms with van der Waals surface area (Å²) in [6.07, 6.45) is 42.3. The molecule has 0 amide bonds. The van der Waals surface area contributed by atoms with Gasteiger partial charge in [-0.1, -0.05) is 24.3 Å². The third-order valence-corrected chi connectivity index (χ3v) is 29.9. The van der Waals surface area contributed by atoms with E-state index in [-0.39, 0.29) is 0 Å². The van der Waals surface area contributed by atoms with Gasteiger partial charge in [-0.05, 0) is 409 Å². The fraction of sp³-hybridized carbons (Fsp3) is 0.476. The Morgan fingerprint density at radius 1 is 0.216 bits per heavy atom. The van der Waals surface area contributed by atoms with Crippen LogP contribution in [0.4, 0.5) is 0 Å². The summed E-state index contributed by atoms with van der Waals surface area (Å²) in [7, 11) is 0. The van der Waals surface area contributed by atoms with E-state index in [0.29, 0.717) is 94.7 Å². The molecule has 0 radical (unpaired) electrons. The van der Waals surface area contributed by atoms with E-state index in [1.165, 1.54) is 221 Å². The van der Waals surface area contributed by atoms with Gasteiger partial charge < -0.3 is 9.97 Å². The second-order valence-electron chi connectivity index (χ2n) is 33.2. The van der Waals surface area contributed by atoms with Gasteiger partial charge in [0.15, 0.2) is 0 Å². The van der Waals surface area contributed by atoms with Gasteiger partial charge in [0.25, 0.3) is 0 Å². The largest absolute Gasteiger partial charge is 0.354 e. The summed E-state index contributed by atoms with van der Waals surface area (Å²) in [6.45, 7) is 0. The second kappa shape index (κ2) is 16.1. The molecule has 16 aliphatic carbocycles. The fourth-order valence-electron chi connectivity index (χ4n) is 26.8. The van der Waals surface area contributed by atoms with Crippen molar-refractivity contribution in [2.24, 2.45) is 0 Å². The van der Waals surface area contributed by atoms with Gasteiger partial charge in [0, 0.05) is 44.3 Å². The molecule has 24 bridgehead atoms. The lowest BCUT2D eigenvalue weighted by atomic mass is 9.77. The Balaban J connectivity index is 0.871. The van der Waals surface area contributed by atoms with Crippen molar-refractivity contribution in [3.05, 3.63) is 160 Å². The molecule has 5 heterocycles. The van der Waals surface area contributed by atoms with E-state index in [1.807, 2.05) is 0 Å². The average molecular weight is 1140 g/mol. The first kappa shape index (κ1) is 47.4. The van der Waals surface area contributed by atoms with Gasteiger partial charge >= 0.3 is 0 Å². The van der Waals surface area contributed by atoms with Gasteiger partial charge in [0.2, 0.25) is 0 Å². The number of H-pyrrole nitrogens is 2. The summed E-state index contributed by atoms with van der Waals surface area (Å²) in [5.41, 5.74) is 49.4. The van der Waals surface area contributed by atoms with Gasteiger partial charge in [-0.15, -0.1) is 0 Å². The summed E-state index contributed by atoms with van der Waals surface area (Å²) < 4.78 is 0. The highest BCUT2D eigenvalue weighted by atomic mass is 14.8. The van der Waals surface area contributed by atoms with E-state index in [0.717, 1.165) is 0 Å². The van der Waals surface area contributed by atoms with Crippen molar-refractivity contribution in [2.75, 3.05) is 0 Å². The van der Waals surface area contributed by atoms with Crippen LogP contribution < -0.4 is 0 Å². The molecule has 4 nitrogen and oxygen atoms in total. The zero-order valence-electron chi connectivity index (χ0n) is 51.0. The Labute approximate surface area is 517 Å². The fourth-order valence-corrected chi connectivity index (χ4v) is 26.8. The van der Waals surface area contributed by atoms with E-state index in [1.54, 1.807) is 111 Å². The minimum absolute atomic E-state index is 0.633. The molecule has 0 spiro atoms. The minimum Gasteiger partial charge on any atom is -0.354 e. The third-order valence-electron chi connectivity index (χ3n) is 29.9. The van der Waals surface area contributed by atoms with Gasteiger partial charge in [-0.25, -0.2) is 9.97 Å². The van der Waals surface area contributed by atoms with Crippen LogP contribution in [0.1, 0.15) is 361 Å². The molecule has 4 aromatic carbocycles. The van der Waals surface area contributed by atoms with Crippen molar-refractivity contribution in [2.45, 2.75) is 249 Å². The number of aromatic nitrogens is 4. The number of hydrogen-bond donors (Lipinski definition) is 2. The second-order valence-corrected chi connectivity index (χ2v) is 33.2. The van der Waals surface area contributed by atoms with Crippen LogP contribution in [0, 0.1) is 0 Å². The highest BCUT2D eigenvalue weighted by molar-refractivity contribution is 6.04. The van der Waals surface area contributed by atoms with Crippen molar-refractivity contribution in [1.82, 2.24) is 19.9 Å². The van der Waals surface area contributed by atoms with Crippen molar-refractivity contribution in [3.63, 3.8) is 0 Å². The first-order valence-corrected chi connectivity index (χ1v) is 36.5. The Morgan fingerprint density at radius 2 is 0.386 bits per heavy atom. The molecule has 88 heavy (non-hydrogen) atoms. The molecule has 25 rings (SSSR count). The molecule has 2 N–H and O–H groups in total. The standard InChI is InChI=1S/C84H78N4/c1-9-45-25-37(1)53-33-54-38-2-10-46(26-38)70(54)81(69(45)53)77-61-17-19-63(85-61)78(82-71-47-11-3-39(27-47)55(71)34-56-40-4-12-48(28-40)72(56)82)65-21-23-67(87-65)80(84-75-51-15-7-43(31-51)59(75)36-60-44-8-16-52(32-44)76(60)84)68-24-22-66(88-68)79(64-20-18-62(77)86-64)83-73-49-13-5-41(29-49)57(73)35-58-42-6-14-50(30-42)74(58)83/h17-24,33-52,85,88H,1-16,25-32H2/t37-,38-,39-,40-,41-,42-,43-,44-,45+,46+,47+,48+,49+,50+,51+,52+/m0/s1. The molecule has 0 saturated heterocycles. The maximum absolute atomic E-state index is 6.39. The van der Waals surface area contributed by atoms with Crippen LogP contribution in [-0.2, 0) is 0 Å². The quantitative estimate of drug-likeness (QED) is 0.184. The smallest absolute Gasteiger partial charge is 0.0737 e. The lowest BCUT2D eigenvalue weighted by Crippen LogP contribution is -2.10. The first-order chi connectivity index (χ1) is 43.5. The number of nitrogens with one attached hydrogen (secondary N) is 2. The van der Waals surface area contributed by atoms with Crippen molar-refractivity contribution in [1.29, 1.82) is 0 Å². The molecule has 16 atom stereocenters. The normalized spacial score (nSPS) is 34.5. The first-order valence-electron chi connectivity index (χ1n) is 36.5. The molecule has 3 aromatic heterocycles. The number of nitrogens with zero attached hydrogens (tertiary/aromatic N) is 2. The minimum atomic E-state index is 0.633. The molecule has 4 heteroatoms. The van der Waals surface area contributed by atoms with Crippen LogP contribution >= 0.6 is 0 Å². The van der Waals surface area contributed by atoms with E-state index in [4.69, 9.17) is 9.97 Å². The topological polar surface area (TPSA) is 57.4 Å². The van der Waals surface area contributed by atoms with E-state index in [9.17, 15) is 0 Å². The van der Waals surface area contributed by atoms with Crippen LogP contribution in [0.15, 0.2) is 48.5 Å². The molecule has 0 unspecified atom stereocenters. The highest BCUT2D eigenvalue weighted by Gasteiger charge is 2.52. The zero-order chi connectivity index (χ0) is 56.0. The molecule has 2 aliphatic heterocycles. The highest BCUT2D eigenvalue weighted by Crippen LogP contribution is 2.69. The summed E-state index contributed by atoms with van der Waals surface area (Å²) in [5.74, 6) is 10.6. The maximum Gasteiger partial charge on any atom is 0.0737 e. The number of rotatable bonds is 4. The van der Waals surface area contributed by atoms with E-state index >= 15 is 0 Å². The summed E-state index contributed by atoms with van der Waals surface area (Å²) in [4.78, 5) is 21.9. The lowest BCUT2D eigenvalue weighted by Gasteiger charge is -2.28. The number of hydrogen-bond acceptors (Lipinski definition) is 2. The predicted molar refractivity (Wildman–Crippen MR) is 355 cm³/mol. The van der Waals surface area contributed by atoms with Gasteiger partial charge in [0.05, 0.1) is 22.8 Å². The summed E-state index contributed by atoms with van der Waals surface area (Å²) in [6, 6.07) is 21.5. The molecule has 7 aromatic rings. The maximum atomic E-state index is 6.39. The van der Waals surface area contributed by atoms with Crippen molar-refractivity contribution in [3.8, 4) is 44.5 Å². The molecular weight excluding hydrogens is 1060 g/mol. The Kier molecular flexibility index (Phi) is 8.70. The SMILES string of the molecule is C1=Cc2nc1c(-c1c3c(cc4c1[C@@H]1CC[C@H]4C1)[C@H]1CC[C@@H]3C1)c1ccc([nH]1)c(-c1c3c(cc4c1[C@@H]1CC[C@H]4C1)[C@H]1CC[C@@H]3C1)c1nc(c(-c3c4c(cc5c3[C@@H]3CC[C@H]5C3)[C@H]3CC[C@@H]4C3)c3ccc([nH]3)c2-c2c3c(cc4c2[C@@H]2CC[C@H]4C2)[C@H]2CC[C@@H]3C2)C=C1. The third kappa shape index (κ3) is 5.68. The Morgan fingerprint density at radius 3 is 0.568 bits per heavy atom.